The molecule has 1 nitrogen and oxygen atoms in total. The Balaban J connectivity index is 2.40. The molecule has 0 aromatic heterocycles. The summed E-state index contributed by atoms with van der Waals surface area (Å²) in [5, 5.41) is 0. The molecule has 0 unspecified atom stereocenters. The van der Waals surface area contributed by atoms with Crippen molar-refractivity contribution in [3.05, 3.63) is 34.4 Å². The predicted molar refractivity (Wildman–Crippen MR) is 74.6 cm³/mol. The highest BCUT2D eigenvalue weighted by Gasteiger charge is 2.27. The van der Waals surface area contributed by atoms with Crippen LogP contribution in [0.15, 0.2) is 12.1 Å². The van der Waals surface area contributed by atoms with Crippen LogP contribution in [0.1, 0.15) is 60.8 Å². The first kappa shape index (κ1) is 12.6. The van der Waals surface area contributed by atoms with Crippen molar-refractivity contribution in [1.29, 1.82) is 0 Å². The second-order valence-corrected chi connectivity index (χ2v) is 6.08. The van der Waals surface area contributed by atoms with Crippen molar-refractivity contribution in [2.45, 2.75) is 52.0 Å². The molecule has 1 aromatic carbocycles. The van der Waals surface area contributed by atoms with Gasteiger partial charge in [0.15, 0.2) is 0 Å². The molecule has 0 radical (unpaired) electrons. The van der Waals surface area contributed by atoms with Gasteiger partial charge in [0.25, 0.3) is 0 Å². The summed E-state index contributed by atoms with van der Waals surface area (Å²) in [6.07, 6.45) is 2.79. The van der Waals surface area contributed by atoms with Crippen molar-refractivity contribution in [3.63, 3.8) is 0 Å². The first-order valence-corrected chi connectivity index (χ1v) is 6.77. The molecule has 0 amide bonds. The van der Waals surface area contributed by atoms with Crippen molar-refractivity contribution in [2.24, 2.45) is 0 Å². The zero-order chi connectivity index (χ0) is 12.6. The normalized spacial score (nSPS) is 15.9. The van der Waals surface area contributed by atoms with Crippen LogP contribution in [0.5, 0.6) is 0 Å². The molecule has 1 aliphatic carbocycles. The molecular formula is C16H25N. The maximum absolute atomic E-state index is 2.46. The van der Waals surface area contributed by atoms with E-state index in [4.69, 9.17) is 0 Å². The van der Waals surface area contributed by atoms with E-state index in [9.17, 15) is 0 Å². The lowest BCUT2D eigenvalue weighted by molar-refractivity contribution is 0.402. The number of rotatable bonds is 4. The lowest BCUT2D eigenvalue weighted by Crippen LogP contribution is -2.12. The lowest BCUT2D eigenvalue weighted by atomic mass is 9.88. The fourth-order valence-electron chi connectivity index (χ4n) is 2.88. The van der Waals surface area contributed by atoms with Crippen LogP contribution in [-0.2, 0) is 6.54 Å². The van der Waals surface area contributed by atoms with Crippen LogP contribution in [0.25, 0.3) is 0 Å². The van der Waals surface area contributed by atoms with Gasteiger partial charge in [-0.1, -0.05) is 26.0 Å². The fourth-order valence-corrected chi connectivity index (χ4v) is 2.88. The molecule has 1 fully saturated rings. The Morgan fingerprint density at radius 3 is 2.35 bits per heavy atom. The van der Waals surface area contributed by atoms with Gasteiger partial charge in [-0.25, -0.2) is 0 Å². The Hall–Kier alpha value is -0.820. The Bertz CT molecular complexity index is 400. The van der Waals surface area contributed by atoms with E-state index < -0.39 is 0 Å². The monoisotopic (exact) mass is 231 g/mol. The second-order valence-electron chi connectivity index (χ2n) is 6.08. The summed E-state index contributed by atoms with van der Waals surface area (Å²) < 4.78 is 0. The minimum absolute atomic E-state index is 0.652. The van der Waals surface area contributed by atoms with Crippen LogP contribution in [0.4, 0.5) is 0 Å². The molecule has 17 heavy (non-hydrogen) atoms. The van der Waals surface area contributed by atoms with Crippen LogP contribution >= 0.6 is 0 Å². The van der Waals surface area contributed by atoms with E-state index in [0.717, 1.165) is 12.5 Å². The highest BCUT2D eigenvalue weighted by Crippen LogP contribution is 2.44. The van der Waals surface area contributed by atoms with Crippen molar-refractivity contribution >= 4 is 0 Å². The summed E-state index contributed by atoms with van der Waals surface area (Å²) in [4.78, 5) is 2.25. The Labute approximate surface area is 106 Å². The maximum Gasteiger partial charge on any atom is 0.0227 e. The van der Waals surface area contributed by atoms with Gasteiger partial charge in [-0.15, -0.1) is 0 Å². The van der Waals surface area contributed by atoms with Crippen LogP contribution in [0.3, 0.4) is 0 Å². The van der Waals surface area contributed by atoms with E-state index in [1.54, 1.807) is 11.1 Å². The lowest BCUT2D eigenvalue weighted by Gasteiger charge is -2.19. The van der Waals surface area contributed by atoms with Crippen molar-refractivity contribution in [2.75, 3.05) is 14.1 Å². The average Bonchev–Trinajstić information content (AvgIpc) is 2.97. The number of aryl methyl sites for hydroxylation is 1. The van der Waals surface area contributed by atoms with E-state index in [0.29, 0.717) is 5.92 Å². The number of nitrogens with zero attached hydrogens (tertiary/aromatic N) is 1. The first-order valence-electron chi connectivity index (χ1n) is 6.77. The molecule has 0 heterocycles. The van der Waals surface area contributed by atoms with Gasteiger partial charge < -0.3 is 4.90 Å². The molecule has 0 aliphatic heterocycles. The molecule has 0 saturated heterocycles. The highest BCUT2D eigenvalue weighted by molar-refractivity contribution is 5.44. The second kappa shape index (κ2) is 4.81. The zero-order valence-corrected chi connectivity index (χ0v) is 11.9. The quantitative estimate of drug-likeness (QED) is 0.755. The Morgan fingerprint density at radius 2 is 1.88 bits per heavy atom. The van der Waals surface area contributed by atoms with E-state index >= 15 is 0 Å². The smallest absolute Gasteiger partial charge is 0.0227 e. The molecule has 1 saturated carbocycles. The topological polar surface area (TPSA) is 3.24 Å². The summed E-state index contributed by atoms with van der Waals surface area (Å²) in [6.45, 7) is 7.97. The first-order chi connectivity index (χ1) is 7.99. The highest BCUT2D eigenvalue weighted by atomic mass is 15.0. The van der Waals surface area contributed by atoms with Crippen LogP contribution in [-0.4, -0.2) is 19.0 Å². The Kier molecular flexibility index (Phi) is 3.58. The summed E-state index contributed by atoms with van der Waals surface area (Å²) in [5.41, 5.74) is 6.20. The summed E-state index contributed by atoms with van der Waals surface area (Å²) in [5.74, 6) is 1.51. The summed E-state index contributed by atoms with van der Waals surface area (Å²) in [7, 11) is 4.28. The molecular weight excluding hydrogens is 206 g/mol. The third-order valence-corrected chi connectivity index (χ3v) is 3.57. The van der Waals surface area contributed by atoms with E-state index in [2.05, 4.69) is 51.9 Å². The molecule has 0 bridgehead atoms. The largest absolute Gasteiger partial charge is 0.305 e. The van der Waals surface area contributed by atoms with E-state index in [1.165, 1.54) is 24.0 Å². The minimum Gasteiger partial charge on any atom is -0.305 e. The number of hydrogen-bond acceptors (Lipinski definition) is 1. The van der Waals surface area contributed by atoms with Gasteiger partial charge in [0.1, 0.15) is 0 Å². The maximum atomic E-state index is 2.46. The van der Waals surface area contributed by atoms with Gasteiger partial charge in [0.05, 0.1) is 0 Å². The number of benzene rings is 1. The molecule has 1 aliphatic rings. The van der Waals surface area contributed by atoms with E-state index in [-0.39, 0.29) is 0 Å². The van der Waals surface area contributed by atoms with Crippen LogP contribution in [0.2, 0.25) is 0 Å². The SMILES string of the molecule is Cc1cc(CN(C)C)cc(C2CC2)c1C(C)C. The molecule has 0 N–H and O–H groups in total. The molecule has 94 valence electrons. The predicted octanol–water partition coefficient (Wildman–Crippen LogP) is 4.06. The van der Waals surface area contributed by atoms with E-state index in [1.807, 2.05) is 0 Å². The number of hydrogen-bond donors (Lipinski definition) is 0. The van der Waals surface area contributed by atoms with Gasteiger partial charge in [-0.2, -0.15) is 0 Å². The average molecular weight is 231 g/mol. The minimum atomic E-state index is 0.652. The van der Waals surface area contributed by atoms with Gasteiger partial charge in [-0.05, 0) is 68.0 Å². The zero-order valence-electron chi connectivity index (χ0n) is 11.9. The third kappa shape index (κ3) is 2.90. The molecule has 2 rings (SSSR count). The third-order valence-electron chi connectivity index (χ3n) is 3.57. The Morgan fingerprint density at radius 1 is 1.24 bits per heavy atom. The van der Waals surface area contributed by atoms with Gasteiger partial charge >= 0.3 is 0 Å². The fraction of sp³-hybridized carbons (Fsp3) is 0.625. The van der Waals surface area contributed by atoms with Crippen molar-refractivity contribution < 1.29 is 0 Å². The molecule has 1 heteroatoms. The van der Waals surface area contributed by atoms with Crippen molar-refractivity contribution in [1.82, 2.24) is 4.90 Å². The van der Waals surface area contributed by atoms with Gasteiger partial charge in [0, 0.05) is 6.54 Å². The van der Waals surface area contributed by atoms with Gasteiger partial charge in [-0.3, -0.25) is 0 Å². The van der Waals surface area contributed by atoms with Crippen LogP contribution < -0.4 is 0 Å². The van der Waals surface area contributed by atoms with Gasteiger partial charge in [0.2, 0.25) is 0 Å². The molecule has 0 spiro atoms. The molecule has 1 aromatic rings. The van der Waals surface area contributed by atoms with Crippen LogP contribution in [0, 0.1) is 6.92 Å². The van der Waals surface area contributed by atoms with Crippen molar-refractivity contribution in [3.8, 4) is 0 Å². The summed E-state index contributed by atoms with van der Waals surface area (Å²) >= 11 is 0. The molecule has 0 atom stereocenters. The summed E-state index contributed by atoms with van der Waals surface area (Å²) in [6, 6.07) is 4.83. The standard InChI is InChI=1S/C16H25N/c1-11(2)16-12(3)8-13(10-17(4)5)9-15(16)14-6-7-14/h8-9,11,14H,6-7,10H2,1-5H3.